The second-order valence-corrected chi connectivity index (χ2v) is 6.15. The molecular weight excluding hydrogens is 250 g/mol. The minimum Gasteiger partial charge on any atom is -0.373 e. The zero-order valence-corrected chi connectivity index (χ0v) is 12.8. The van der Waals surface area contributed by atoms with Gasteiger partial charge < -0.3 is 10.2 Å². The van der Waals surface area contributed by atoms with Crippen LogP contribution in [0.3, 0.4) is 0 Å². The van der Waals surface area contributed by atoms with Crippen molar-refractivity contribution < 1.29 is 0 Å². The molecule has 0 bridgehead atoms. The van der Waals surface area contributed by atoms with Gasteiger partial charge in [-0.2, -0.15) is 0 Å². The van der Waals surface area contributed by atoms with Crippen molar-refractivity contribution in [3.05, 3.63) is 11.9 Å². The van der Waals surface area contributed by atoms with Gasteiger partial charge in [-0.3, -0.25) is 4.90 Å². The fourth-order valence-corrected chi connectivity index (χ4v) is 3.20. The molecule has 20 heavy (non-hydrogen) atoms. The van der Waals surface area contributed by atoms with E-state index in [9.17, 15) is 0 Å². The molecule has 2 aliphatic heterocycles. The molecule has 110 valence electrons. The quantitative estimate of drug-likeness (QED) is 0.913. The van der Waals surface area contributed by atoms with Crippen molar-refractivity contribution >= 4 is 11.6 Å². The molecule has 2 fully saturated rings. The summed E-state index contributed by atoms with van der Waals surface area (Å²) >= 11 is 0. The summed E-state index contributed by atoms with van der Waals surface area (Å²) in [6.45, 7) is 8.93. The van der Waals surface area contributed by atoms with Crippen LogP contribution in [0.2, 0.25) is 0 Å². The predicted octanol–water partition coefficient (Wildman–Crippen LogP) is 1.93. The van der Waals surface area contributed by atoms with Crippen LogP contribution in [0.15, 0.2) is 6.07 Å². The summed E-state index contributed by atoms with van der Waals surface area (Å²) in [7, 11) is 1.92. The minimum absolute atomic E-state index is 0.356. The lowest BCUT2D eigenvalue weighted by Crippen LogP contribution is -2.50. The molecule has 0 radical (unpaired) electrons. The standard InChI is InChI=1S/C15H25N5/c1-11(2)15-17-13(16-3)9-14(18-15)20-8-7-19-6-4-5-12(19)10-20/h9,11-12H,4-8,10H2,1-3H3,(H,16,17,18). The van der Waals surface area contributed by atoms with Crippen LogP contribution in [-0.2, 0) is 0 Å². The van der Waals surface area contributed by atoms with Gasteiger partial charge in [-0.15, -0.1) is 0 Å². The van der Waals surface area contributed by atoms with Crippen molar-refractivity contribution in [2.75, 3.05) is 43.4 Å². The summed E-state index contributed by atoms with van der Waals surface area (Å²) in [6, 6.07) is 2.80. The van der Waals surface area contributed by atoms with Crippen LogP contribution in [0.1, 0.15) is 38.4 Å². The maximum atomic E-state index is 4.78. The smallest absolute Gasteiger partial charge is 0.135 e. The minimum atomic E-state index is 0.356. The molecule has 3 rings (SSSR count). The third kappa shape index (κ3) is 2.59. The van der Waals surface area contributed by atoms with Crippen molar-refractivity contribution in [3.8, 4) is 0 Å². The number of nitrogens with one attached hydrogen (secondary N) is 1. The van der Waals surface area contributed by atoms with E-state index < -0.39 is 0 Å². The predicted molar refractivity (Wildman–Crippen MR) is 82.5 cm³/mol. The molecule has 0 aliphatic carbocycles. The monoisotopic (exact) mass is 275 g/mol. The van der Waals surface area contributed by atoms with Gasteiger partial charge in [-0.1, -0.05) is 13.8 Å². The van der Waals surface area contributed by atoms with E-state index in [4.69, 9.17) is 4.98 Å². The maximum absolute atomic E-state index is 4.78. The van der Waals surface area contributed by atoms with Crippen molar-refractivity contribution in [3.63, 3.8) is 0 Å². The summed E-state index contributed by atoms with van der Waals surface area (Å²) < 4.78 is 0. The highest BCUT2D eigenvalue weighted by atomic mass is 15.3. The van der Waals surface area contributed by atoms with E-state index in [1.54, 1.807) is 0 Å². The largest absolute Gasteiger partial charge is 0.373 e. The fourth-order valence-electron chi connectivity index (χ4n) is 3.20. The Balaban J connectivity index is 1.83. The third-order valence-electron chi connectivity index (χ3n) is 4.41. The molecule has 0 spiro atoms. The topological polar surface area (TPSA) is 44.3 Å². The first-order chi connectivity index (χ1) is 9.67. The van der Waals surface area contributed by atoms with Crippen molar-refractivity contribution in [2.24, 2.45) is 0 Å². The molecule has 0 aromatic carbocycles. The highest BCUT2D eigenvalue weighted by Crippen LogP contribution is 2.26. The van der Waals surface area contributed by atoms with Crippen LogP contribution < -0.4 is 10.2 Å². The number of hydrogen-bond acceptors (Lipinski definition) is 5. The first kappa shape index (κ1) is 13.6. The summed E-state index contributed by atoms with van der Waals surface area (Å²) in [6.07, 6.45) is 2.68. The summed E-state index contributed by atoms with van der Waals surface area (Å²) in [5.41, 5.74) is 0. The highest BCUT2D eigenvalue weighted by Gasteiger charge is 2.31. The molecule has 2 aliphatic rings. The van der Waals surface area contributed by atoms with Gasteiger partial charge in [0.05, 0.1) is 0 Å². The Morgan fingerprint density at radius 1 is 1.25 bits per heavy atom. The molecule has 0 amide bonds. The van der Waals surface area contributed by atoms with E-state index in [0.29, 0.717) is 5.92 Å². The van der Waals surface area contributed by atoms with Gasteiger partial charge in [-0.05, 0) is 19.4 Å². The molecular formula is C15H25N5. The van der Waals surface area contributed by atoms with Gasteiger partial charge >= 0.3 is 0 Å². The second kappa shape index (κ2) is 5.56. The number of aromatic nitrogens is 2. The molecule has 3 heterocycles. The normalized spacial score (nSPS) is 23.2. The van der Waals surface area contributed by atoms with Gasteiger partial charge in [0, 0.05) is 44.7 Å². The van der Waals surface area contributed by atoms with E-state index in [1.807, 2.05) is 7.05 Å². The Kier molecular flexibility index (Phi) is 3.78. The Morgan fingerprint density at radius 2 is 2.10 bits per heavy atom. The van der Waals surface area contributed by atoms with Gasteiger partial charge in [0.25, 0.3) is 0 Å². The van der Waals surface area contributed by atoms with Crippen LogP contribution in [0, 0.1) is 0 Å². The Hall–Kier alpha value is -1.36. The molecule has 1 N–H and O–H groups in total. The second-order valence-electron chi connectivity index (χ2n) is 6.15. The molecule has 5 nitrogen and oxygen atoms in total. The molecule has 0 saturated carbocycles. The molecule has 2 saturated heterocycles. The molecule has 5 heteroatoms. The Labute approximate surface area is 121 Å². The van der Waals surface area contributed by atoms with Crippen LogP contribution in [-0.4, -0.2) is 54.1 Å². The number of fused-ring (bicyclic) bond motifs is 1. The number of nitrogens with zero attached hydrogens (tertiary/aromatic N) is 4. The SMILES string of the molecule is CNc1cc(N2CCN3CCCC3C2)nc(C(C)C)n1. The number of piperazine rings is 1. The van der Waals surface area contributed by atoms with E-state index in [0.717, 1.165) is 36.6 Å². The highest BCUT2D eigenvalue weighted by molar-refractivity contribution is 5.50. The van der Waals surface area contributed by atoms with Gasteiger partial charge in [-0.25, -0.2) is 9.97 Å². The Bertz CT molecular complexity index is 473. The van der Waals surface area contributed by atoms with Crippen LogP contribution >= 0.6 is 0 Å². The maximum Gasteiger partial charge on any atom is 0.135 e. The zero-order valence-electron chi connectivity index (χ0n) is 12.8. The van der Waals surface area contributed by atoms with E-state index in [-0.39, 0.29) is 0 Å². The first-order valence-corrected chi connectivity index (χ1v) is 7.73. The zero-order chi connectivity index (χ0) is 14.1. The third-order valence-corrected chi connectivity index (χ3v) is 4.41. The van der Waals surface area contributed by atoms with Gasteiger partial charge in [0.2, 0.25) is 0 Å². The van der Waals surface area contributed by atoms with Crippen LogP contribution in [0.25, 0.3) is 0 Å². The summed E-state index contributed by atoms with van der Waals surface area (Å²) in [5, 5.41) is 3.16. The summed E-state index contributed by atoms with van der Waals surface area (Å²) in [5.74, 6) is 3.29. The van der Waals surface area contributed by atoms with Crippen molar-refractivity contribution in [2.45, 2.75) is 38.6 Å². The lowest BCUT2D eigenvalue weighted by molar-refractivity contribution is 0.230. The van der Waals surface area contributed by atoms with Crippen LogP contribution in [0.4, 0.5) is 11.6 Å². The van der Waals surface area contributed by atoms with Gasteiger partial charge in [0.15, 0.2) is 0 Å². The molecule has 1 unspecified atom stereocenters. The van der Waals surface area contributed by atoms with E-state index in [2.05, 4.69) is 40.0 Å². The fraction of sp³-hybridized carbons (Fsp3) is 0.733. The number of hydrogen-bond donors (Lipinski definition) is 1. The molecule has 1 atom stereocenters. The average Bonchev–Trinajstić information content (AvgIpc) is 2.94. The van der Waals surface area contributed by atoms with Crippen LogP contribution in [0.5, 0.6) is 0 Å². The number of anilines is 2. The first-order valence-electron chi connectivity index (χ1n) is 7.73. The molecule has 1 aromatic heterocycles. The number of rotatable bonds is 3. The average molecular weight is 275 g/mol. The lowest BCUT2D eigenvalue weighted by atomic mass is 10.1. The van der Waals surface area contributed by atoms with Crippen molar-refractivity contribution in [1.29, 1.82) is 0 Å². The Morgan fingerprint density at radius 3 is 2.85 bits per heavy atom. The van der Waals surface area contributed by atoms with E-state index >= 15 is 0 Å². The van der Waals surface area contributed by atoms with Gasteiger partial charge in [0.1, 0.15) is 17.5 Å². The lowest BCUT2D eigenvalue weighted by Gasteiger charge is -2.38. The van der Waals surface area contributed by atoms with E-state index in [1.165, 1.54) is 25.9 Å². The summed E-state index contributed by atoms with van der Waals surface area (Å²) in [4.78, 5) is 14.4. The molecule has 1 aromatic rings. The van der Waals surface area contributed by atoms with Crippen molar-refractivity contribution in [1.82, 2.24) is 14.9 Å².